The average molecular weight is 497 g/mol. The molecule has 2 atom stereocenters. The molecule has 8 nitrogen and oxygen atoms in total. The van der Waals surface area contributed by atoms with Gasteiger partial charge in [0, 0.05) is 44.0 Å². The van der Waals surface area contributed by atoms with Gasteiger partial charge >= 0.3 is 6.03 Å². The predicted molar refractivity (Wildman–Crippen MR) is 138 cm³/mol. The number of anilines is 1. The molecular formula is C28H40N4O4. The van der Waals surface area contributed by atoms with Crippen LogP contribution >= 0.6 is 0 Å². The summed E-state index contributed by atoms with van der Waals surface area (Å²) in [5.74, 6) is -0.0400. The molecule has 1 N–H and O–H groups in total. The second-order valence-corrected chi connectivity index (χ2v) is 10.9. The normalized spacial score (nSPS) is 27.6. The van der Waals surface area contributed by atoms with Gasteiger partial charge in [-0.15, -0.1) is 0 Å². The lowest BCUT2D eigenvalue weighted by atomic mass is 9.74. The quantitative estimate of drug-likeness (QED) is 0.581. The van der Waals surface area contributed by atoms with Crippen molar-refractivity contribution in [1.82, 2.24) is 15.1 Å². The summed E-state index contributed by atoms with van der Waals surface area (Å²) in [6.45, 7) is 6.44. The number of amides is 4. The average Bonchev–Trinajstić information content (AvgIpc) is 3.52. The Bertz CT molecular complexity index is 947. The van der Waals surface area contributed by atoms with E-state index in [-0.39, 0.29) is 29.9 Å². The largest absolute Gasteiger partial charge is 0.376 e. The lowest BCUT2D eigenvalue weighted by molar-refractivity contribution is -0.135. The summed E-state index contributed by atoms with van der Waals surface area (Å²) in [4.78, 5) is 45.4. The number of carbonyl (C=O) groups is 3. The zero-order valence-electron chi connectivity index (χ0n) is 21.5. The minimum absolute atomic E-state index is 0.0222. The maximum atomic E-state index is 13.6. The van der Waals surface area contributed by atoms with Crippen LogP contribution in [0.5, 0.6) is 0 Å². The number of carbonyl (C=O) groups excluding carboxylic acids is 3. The molecule has 1 aromatic rings. The van der Waals surface area contributed by atoms with Gasteiger partial charge in [0.25, 0.3) is 11.8 Å². The molecule has 4 saturated heterocycles. The third-order valence-electron chi connectivity index (χ3n) is 8.57. The molecule has 36 heavy (non-hydrogen) atoms. The van der Waals surface area contributed by atoms with Crippen LogP contribution < -0.4 is 10.2 Å². The van der Waals surface area contributed by atoms with Crippen LogP contribution in [0.2, 0.25) is 0 Å². The van der Waals surface area contributed by atoms with E-state index in [0.717, 1.165) is 32.4 Å². The Labute approximate surface area is 214 Å². The Morgan fingerprint density at radius 1 is 1.00 bits per heavy atom. The molecule has 0 aromatic heterocycles. The van der Waals surface area contributed by atoms with Crippen molar-refractivity contribution in [2.24, 2.45) is 5.92 Å². The molecule has 4 amide bonds. The van der Waals surface area contributed by atoms with Gasteiger partial charge in [0.1, 0.15) is 5.54 Å². The molecule has 0 bridgehead atoms. The second kappa shape index (κ2) is 10.8. The Kier molecular flexibility index (Phi) is 7.51. The molecule has 4 aliphatic rings. The van der Waals surface area contributed by atoms with Gasteiger partial charge in [0.05, 0.1) is 12.6 Å². The highest BCUT2D eigenvalue weighted by atomic mass is 16.5. The predicted octanol–water partition coefficient (Wildman–Crippen LogP) is 3.80. The molecule has 4 aliphatic heterocycles. The molecule has 196 valence electrons. The van der Waals surface area contributed by atoms with Crippen molar-refractivity contribution in [2.75, 3.05) is 44.2 Å². The number of ether oxygens (including phenoxy) is 1. The van der Waals surface area contributed by atoms with Gasteiger partial charge in [-0.05, 0) is 81.5 Å². The molecule has 5 rings (SSSR count). The minimum atomic E-state index is -0.865. The number of nitrogens with one attached hydrogen (secondary N) is 1. The van der Waals surface area contributed by atoms with E-state index in [1.807, 2.05) is 17.0 Å². The third-order valence-corrected chi connectivity index (χ3v) is 8.57. The Balaban J connectivity index is 1.22. The van der Waals surface area contributed by atoms with E-state index in [9.17, 15) is 14.4 Å². The van der Waals surface area contributed by atoms with Gasteiger partial charge in [0.15, 0.2) is 0 Å². The van der Waals surface area contributed by atoms with Gasteiger partial charge in [-0.2, -0.15) is 0 Å². The van der Waals surface area contributed by atoms with E-state index < -0.39 is 5.54 Å². The van der Waals surface area contributed by atoms with Crippen molar-refractivity contribution < 1.29 is 19.1 Å². The maximum Gasteiger partial charge on any atom is 0.325 e. The van der Waals surface area contributed by atoms with Crippen molar-refractivity contribution in [3.8, 4) is 0 Å². The summed E-state index contributed by atoms with van der Waals surface area (Å²) in [6.07, 6.45) is 8.39. The standard InChI is InChI=1S/C28H40N4O4/c1-2-14-28(26(34)32(27(35)29-28)20-24-7-6-19-36-24)22-12-17-31(18-13-22)25(33)21-8-10-23(11-9-21)30-15-4-3-5-16-30/h8-11,22,24H,2-7,12-20H2,1H3,(H,29,35)/t24-,28+/m0/s1. The zero-order valence-corrected chi connectivity index (χ0v) is 21.5. The van der Waals surface area contributed by atoms with Crippen molar-refractivity contribution in [3.63, 3.8) is 0 Å². The molecule has 4 fully saturated rings. The highest BCUT2D eigenvalue weighted by Crippen LogP contribution is 2.38. The number of benzene rings is 1. The van der Waals surface area contributed by atoms with E-state index in [1.165, 1.54) is 29.8 Å². The monoisotopic (exact) mass is 496 g/mol. The van der Waals surface area contributed by atoms with Crippen molar-refractivity contribution in [3.05, 3.63) is 29.8 Å². The summed E-state index contributed by atoms with van der Waals surface area (Å²) in [5, 5.41) is 3.10. The van der Waals surface area contributed by atoms with Crippen LogP contribution in [0.4, 0.5) is 10.5 Å². The van der Waals surface area contributed by atoms with Crippen LogP contribution in [-0.4, -0.2) is 78.6 Å². The smallest absolute Gasteiger partial charge is 0.325 e. The van der Waals surface area contributed by atoms with Crippen molar-refractivity contribution in [1.29, 1.82) is 0 Å². The van der Waals surface area contributed by atoms with Gasteiger partial charge in [0.2, 0.25) is 0 Å². The summed E-state index contributed by atoms with van der Waals surface area (Å²) < 4.78 is 5.69. The van der Waals surface area contributed by atoms with Crippen LogP contribution in [0.1, 0.15) is 75.1 Å². The number of likely N-dealkylation sites (tertiary alicyclic amines) is 1. The van der Waals surface area contributed by atoms with E-state index >= 15 is 0 Å². The first-order valence-corrected chi connectivity index (χ1v) is 13.9. The highest BCUT2D eigenvalue weighted by Gasteiger charge is 2.55. The molecule has 0 unspecified atom stereocenters. The van der Waals surface area contributed by atoms with E-state index in [4.69, 9.17) is 4.74 Å². The Hall–Kier alpha value is -2.61. The first-order valence-electron chi connectivity index (χ1n) is 13.9. The fraction of sp³-hybridized carbons (Fsp3) is 0.679. The van der Waals surface area contributed by atoms with Crippen LogP contribution in [-0.2, 0) is 9.53 Å². The van der Waals surface area contributed by atoms with Crippen molar-refractivity contribution >= 4 is 23.5 Å². The van der Waals surface area contributed by atoms with Gasteiger partial charge < -0.3 is 19.9 Å². The number of piperidine rings is 2. The van der Waals surface area contributed by atoms with Crippen LogP contribution in [0.3, 0.4) is 0 Å². The summed E-state index contributed by atoms with van der Waals surface area (Å²) >= 11 is 0. The molecule has 4 heterocycles. The van der Waals surface area contributed by atoms with E-state index in [1.54, 1.807) is 0 Å². The summed E-state index contributed by atoms with van der Waals surface area (Å²) in [6, 6.07) is 7.73. The first-order chi connectivity index (χ1) is 17.5. The molecule has 0 saturated carbocycles. The van der Waals surface area contributed by atoms with Gasteiger partial charge in [-0.25, -0.2) is 4.79 Å². The fourth-order valence-corrected chi connectivity index (χ4v) is 6.57. The van der Waals surface area contributed by atoms with Gasteiger partial charge in [-0.3, -0.25) is 14.5 Å². The second-order valence-electron chi connectivity index (χ2n) is 10.9. The lowest BCUT2D eigenvalue weighted by Gasteiger charge is -2.41. The molecular weight excluding hydrogens is 456 g/mol. The third kappa shape index (κ3) is 4.84. The number of rotatable bonds is 7. The van der Waals surface area contributed by atoms with Crippen molar-refractivity contribution in [2.45, 2.75) is 76.4 Å². The minimum Gasteiger partial charge on any atom is -0.376 e. The molecule has 0 aliphatic carbocycles. The lowest BCUT2D eigenvalue weighted by Crippen LogP contribution is -2.56. The Morgan fingerprint density at radius 2 is 1.72 bits per heavy atom. The van der Waals surface area contributed by atoms with E-state index in [2.05, 4.69) is 29.3 Å². The number of hydrogen-bond acceptors (Lipinski definition) is 5. The summed E-state index contributed by atoms with van der Waals surface area (Å²) in [5.41, 5.74) is 1.04. The number of imide groups is 1. The first kappa shape index (κ1) is 25.1. The molecule has 1 aromatic carbocycles. The zero-order chi connectivity index (χ0) is 25.1. The topological polar surface area (TPSA) is 82.2 Å². The van der Waals surface area contributed by atoms with Crippen LogP contribution in [0, 0.1) is 5.92 Å². The number of urea groups is 1. The Morgan fingerprint density at radius 3 is 2.36 bits per heavy atom. The summed E-state index contributed by atoms with van der Waals surface area (Å²) in [7, 11) is 0. The van der Waals surface area contributed by atoms with Gasteiger partial charge in [-0.1, -0.05) is 13.3 Å². The van der Waals surface area contributed by atoms with E-state index in [0.29, 0.717) is 51.1 Å². The molecule has 0 radical (unpaired) electrons. The molecule has 0 spiro atoms. The van der Waals surface area contributed by atoms with Crippen LogP contribution in [0.15, 0.2) is 24.3 Å². The molecule has 8 heteroatoms. The number of hydrogen-bond donors (Lipinski definition) is 1. The maximum absolute atomic E-state index is 13.6. The highest BCUT2D eigenvalue weighted by molar-refractivity contribution is 6.07. The SMILES string of the molecule is CCC[C@]1(C2CCN(C(=O)c3ccc(N4CCCCC4)cc3)CC2)NC(=O)N(C[C@@H]2CCCO2)C1=O. The number of nitrogens with zero attached hydrogens (tertiary/aromatic N) is 3. The van der Waals surface area contributed by atoms with Crippen LogP contribution in [0.25, 0.3) is 0 Å². The fourth-order valence-electron chi connectivity index (χ4n) is 6.57.